The van der Waals surface area contributed by atoms with Gasteiger partial charge in [-0.15, -0.1) is 0 Å². The number of benzene rings is 1. The van der Waals surface area contributed by atoms with Gasteiger partial charge in [-0.3, -0.25) is 0 Å². The lowest BCUT2D eigenvalue weighted by atomic mass is 10.2. The average Bonchev–Trinajstić information content (AvgIpc) is 2.71. The summed E-state index contributed by atoms with van der Waals surface area (Å²) in [5, 5.41) is 9.10. The zero-order chi connectivity index (χ0) is 9.80. The first kappa shape index (κ1) is 9.64. The summed E-state index contributed by atoms with van der Waals surface area (Å²) >= 11 is 2.89. The molecule has 0 radical (unpaired) electrons. The summed E-state index contributed by atoms with van der Waals surface area (Å²) in [4.78, 5) is 5.11. The van der Waals surface area contributed by atoms with Crippen LogP contribution in [-0.2, 0) is 6.61 Å². The van der Waals surface area contributed by atoms with Crippen molar-refractivity contribution in [2.45, 2.75) is 15.8 Å². The van der Waals surface area contributed by atoms with Crippen LogP contribution in [0.15, 0.2) is 39.8 Å². The van der Waals surface area contributed by atoms with Crippen LogP contribution in [0.4, 0.5) is 0 Å². The van der Waals surface area contributed by atoms with E-state index in [9.17, 15) is 0 Å². The van der Waals surface area contributed by atoms with Crippen LogP contribution in [0.2, 0.25) is 0 Å². The van der Waals surface area contributed by atoms with Crippen molar-refractivity contribution >= 4 is 23.3 Å². The quantitative estimate of drug-likeness (QED) is 0.868. The molecule has 1 aromatic heterocycles. The van der Waals surface area contributed by atoms with E-state index in [1.54, 1.807) is 0 Å². The highest BCUT2D eigenvalue weighted by atomic mass is 32.2. The van der Waals surface area contributed by atoms with Gasteiger partial charge in [-0.1, -0.05) is 30.0 Å². The minimum atomic E-state index is 0.0575. The zero-order valence-electron chi connectivity index (χ0n) is 7.25. The lowest BCUT2D eigenvalue weighted by Crippen LogP contribution is -1.85. The topological polar surface area (TPSA) is 46.0 Å². The number of hydrogen-bond acceptors (Lipinski definition) is 5. The van der Waals surface area contributed by atoms with Gasteiger partial charge < -0.3 is 5.11 Å². The molecule has 0 aliphatic rings. The summed E-state index contributed by atoms with van der Waals surface area (Å²) in [7, 11) is 0. The van der Waals surface area contributed by atoms with E-state index in [-0.39, 0.29) is 6.61 Å². The van der Waals surface area contributed by atoms with Gasteiger partial charge in [0.05, 0.1) is 6.61 Å². The van der Waals surface area contributed by atoms with E-state index in [0.717, 1.165) is 14.8 Å². The molecule has 2 rings (SSSR count). The monoisotopic (exact) mass is 224 g/mol. The van der Waals surface area contributed by atoms with Gasteiger partial charge in [0.15, 0.2) is 4.34 Å². The number of aromatic nitrogens is 2. The SMILES string of the molecule is OCc1ccccc1Sc1ncns1. The third-order valence-electron chi connectivity index (χ3n) is 1.68. The number of aliphatic hydroxyl groups is 1. The van der Waals surface area contributed by atoms with E-state index < -0.39 is 0 Å². The van der Waals surface area contributed by atoms with Crippen molar-refractivity contribution in [2.24, 2.45) is 0 Å². The van der Waals surface area contributed by atoms with Crippen LogP contribution in [0.1, 0.15) is 5.56 Å². The van der Waals surface area contributed by atoms with E-state index in [4.69, 9.17) is 5.11 Å². The molecule has 3 nitrogen and oxygen atoms in total. The first-order valence-corrected chi connectivity index (χ1v) is 5.62. The van der Waals surface area contributed by atoms with Gasteiger partial charge in [0.2, 0.25) is 0 Å². The molecule has 0 aliphatic heterocycles. The second-order valence-corrected chi connectivity index (χ2v) is 4.64. The van der Waals surface area contributed by atoms with Crippen molar-refractivity contribution in [3.8, 4) is 0 Å². The number of rotatable bonds is 3. The van der Waals surface area contributed by atoms with Gasteiger partial charge >= 0.3 is 0 Å². The van der Waals surface area contributed by atoms with E-state index >= 15 is 0 Å². The Morgan fingerprint density at radius 3 is 2.93 bits per heavy atom. The van der Waals surface area contributed by atoms with Crippen LogP contribution >= 0.6 is 23.3 Å². The molecule has 0 aliphatic carbocycles. The standard InChI is InChI=1S/C9H8N2OS2/c12-5-7-3-1-2-4-8(7)13-9-10-6-11-14-9/h1-4,6,12H,5H2. The highest BCUT2D eigenvalue weighted by Crippen LogP contribution is 2.30. The lowest BCUT2D eigenvalue weighted by Gasteiger charge is -2.02. The van der Waals surface area contributed by atoms with Gasteiger partial charge in [-0.05, 0) is 23.2 Å². The van der Waals surface area contributed by atoms with Crippen LogP contribution in [-0.4, -0.2) is 14.5 Å². The summed E-state index contributed by atoms with van der Waals surface area (Å²) in [6.45, 7) is 0.0575. The summed E-state index contributed by atoms with van der Waals surface area (Å²) in [5.41, 5.74) is 0.924. The Bertz CT molecular complexity index is 403. The Labute approximate surface area is 90.0 Å². The molecular formula is C9H8N2OS2. The Morgan fingerprint density at radius 1 is 1.36 bits per heavy atom. The highest BCUT2D eigenvalue weighted by Gasteiger charge is 2.04. The minimum Gasteiger partial charge on any atom is -0.392 e. The molecule has 72 valence electrons. The molecular weight excluding hydrogens is 216 g/mol. The first-order valence-electron chi connectivity index (χ1n) is 4.03. The Hall–Kier alpha value is -0.910. The van der Waals surface area contributed by atoms with Crippen molar-refractivity contribution in [1.29, 1.82) is 0 Å². The van der Waals surface area contributed by atoms with Crippen molar-refractivity contribution in [2.75, 3.05) is 0 Å². The normalized spacial score (nSPS) is 10.4. The van der Waals surface area contributed by atoms with Gasteiger partial charge in [-0.25, -0.2) is 4.98 Å². The van der Waals surface area contributed by atoms with Gasteiger partial charge in [0.25, 0.3) is 0 Å². The van der Waals surface area contributed by atoms with Crippen LogP contribution in [0, 0.1) is 0 Å². The van der Waals surface area contributed by atoms with E-state index in [1.807, 2.05) is 24.3 Å². The molecule has 0 bridgehead atoms. The molecule has 0 atom stereocenters. The maximum absolute atomic E-state index is 9.10. The second-order valence-electron chi connectivity index (χ2n) is 2.58. The molecule has 0 fully saturated rings. The fourth-order valence-corrected chi connectivity index (χ4v) is 2.56. The molecule has 0 amide bonds. The average molecular weight is 224 g/mol. The van der Waals surface area contributed by atoms with Gasteiger partial charge in [0, 0.05) is 4.90 Å². The first-order chi connectivity index (χ1) is 6.90. The van der Waals surface area contributed by atoms with Crippen molar-refractivity contribution < 1.29 is 5.11 Å². The van der Waals surface area contributed by atoms with Crippen LogP contribution < -0.4 is 0 Å². The molecule has 5 heteroatoms. The molecule has 0 spiro atoms. The lowest BCUT2D eigenvalue weighted by molar-refractivity contribution is 0.279. The van der Waals surface area contributed by atoms with E-state index in [1.165, 1.54) is 29.6 Å². The maximum atomic E-state index is 9.10. The van der Waals surface area contributed by atoms with Gasteiger partial charge in [-0.2, -0.15) is 4.37 Å². The number of hydrogen-bond donors (Lipinski definition) is 1. The Morgan fingerprint density at radius 2 is 2.21 bits per heavy atom. The molecule has 1 heterocycles. The predicted octanol–water partition coefficient (Wildman–Crippen LogP) is 2.18. The maximum Gasteiger partial charge on any atom is 0.174 e. The fraction of sp³-hybridized carbons (Fsp3) is 0.111. The fourth-order valence-electron chi connectivity index (χ4n) is 1.04. The van der Waals surface area contributed by atoms with Crippen molar-refractivity contribution in [3.05, 3.63) is 36.2 Å². The van der Waals surface area contributed by atoms with Crippen LogP contribution in [0.25, 0.3) is 0 Å². The van der Waals surface area contributed by atoms with Crippen molar-refractivity contribution in [3.63, 3.8) is 0 Å². The largest absolute Gasteiger partial charge is 0.392 e. The Balaban J connectivity index is 2.24. The molecule has 0 unspecified atom stereocenters. The highest BCUT2D eigenvalue weighted by molar-refractivity contribution is 8.01. The van der Waals surface area contributed by atoms with Crippen molar-refractivity contribution in [1.82, 2.24) is 9.36 Å². The molecule has 0 saturated heterocycles. The molecule has 0 saturated carbocycles. The zero-order valence-corrected chi connectivity index (χ0v) is 8.88. The predicted molar refractivity (Wildman–Crippen MR) is 56.4 cm³/mol. The summed E-state index contributed by atoms with van der Waals surface area (Å²) in [6.07, 6.45) is 1.54. The smallest absolute Gasteiger partial charge is 0.174 e. The van der Waals surface area contributed by atoms with Gasteiger partial charge in [0.1, 0.15) is 6.33 Å². The Kier molecular flexibility index (Phi) is 3.13. The second kappa shape index (κ2) is 4.54. The van der Waals surface area contributed by atoms with E-state index in [0.29, 0.717) is 0 Å². The summed E-state index contributed by atoms with van der Waals surface area (Å²) in [5.74, 6) is 0. The summed E-state index contributed by atoms with van der Waals surface area (Å²) < 4.78 is 4.82. The molecule has 14 heavy (non-hydrogen) atoms. The molecule has 1 aromatic carbocycles. The third-order valence-corrected chi connectivity index (χ3v) is 3.51. The van der Waals surface area contributed by atoms with Crippen LogP contribution in [0.3, 0.4) is 0 Å². The van der Waals surface area contributed by atoms with Crippen LogP contribution in [0.5, 0.6) is 0 Å². The number of nitrogens with zero attached hydrogens (tertiary/aromatic N) is 2. The summed E-state index contributed by atoms with van der Waals surface area (Å²) in [6, 6.07) is 7.74. The molecule has 1 N–H and O–H groups in total. The minimum absolute atomic E-state index is 0.0575. The third kappa shape index (κ3) is 2.12. The van der Waals surface area contributed by atoms with E-state index in [2.05, 4.69) is 9.36 Å². The molecule has 2 aromatic rings. The number of aliphatic hydroxyl groups excluding tert-OH is 1.